The van der Waals surface area contributed by atoms with Crippen molar-refractivity contribution in [2.24, 2.45) is 0 Å². The fourth-order valence-corrected chi connectivity index (χ4v) is 4.63. The number of thiazole rings is 1. The standard InChI is InChI=1S/C17H19FN4O2S/c1-10-6-17(7-12-13(24-17)4-3-5-19-12)9-22(10)8-14-15(18)21-16(25-14)20-11(2)23/h3-5,10H,6-9H2,1-2H3,(H,20,21,23)/t10-,17-/m0/s1. The van der Waals surface area contributed by atoms with Crippen molar-refractivity contribution in [3.63, 3.8) is 0 Å². The van der Waals surface area contributed by atoms with Gasteiger partial charge in [-0.1, -0.05) is 11.3 Å². The second kappa shape index (κ2) is 6.03. The molecule has 0 unspecified atom stereocenters. The summed E-state index contributed by atoms with van der Waals surface area (Å²) < 4.78 is 20.3. The lowest BCUT2D eigenvalue weighted by Crippen LogP contribution is -2.37. The van der Waals surface area contributed by atoms with Crippen LogP contribution in [0.2, 0.25) is 0 Å². The van der Waals surface area contributed by atoms with Gasteiger partial charge in [-0.05, 0) is 19.1 Å². The molecule has 1 amide bonds. The third-order valence-electron chi connectivity index (χ3n) is 4.73. The van der Waals surface area contributed by atoms with Crippen LogP contribution in [0.3, 0.4) is 0 Å². The van der Waals surface area contributed by atoms with Gasteiger partial charge in [-0.15, -0.1) is 0 Å². The molecule has 4 heterocycles. The van der Waals surface area contributed by atoms with Crippen LogP contribution in [-0.2, 0) is 17.8 Å². The highest BCUT2D eigenvalue weighted by Gasteiger charge is 2.48. The lowest BCUT2D eigenvalue weighted by atomic mass is 9.97. The molecule has 1 spiro atoms. The fraction of sp³-hybridized carbons (Fsp3) is 0.471. The average Bonchev–Trinajstić information content (AvgIpc) is 3.15. The number of nitrogens with zero attached hydrogens (tertiary/aromatic N) is 3. The summed E-state index contributed by atoms with van der Waals surface area (Å²) in [6.07, 6.45) is 3.45. The van der Waals surface area contributed by atoms with Crippen LogP contribution in [0.25, 0.3) is 0 Å². The summed E-state index contributed by atoms with van der Waals surface area (Å²) in [5.74, 6) is 0.0890. The Labute approximate surface area is 149 Å². The van der Waals surface area contributed by atoms with Crippen LogP contribution in [0.4, 0.5) is 9.52 Å². The number of aromatic nitrogens is 2. The van der Waals surface area contributed by atoms with Gasteiger partial charge < -0.3 is 10.1 Å². The topological polar surface area (TPSA) is 67.4 Å². The minimum atomic E-state index is -0.515. The minimum Gasteiger partial charge on any atom is -0.484 e. The van der Waals surface area contributed by atoms with Crippen molar-refractivity contribution in [1.82, 2.24) is 14.9 Å². The summed E-state index contributed by atoms with van der Waals surface area (Å²) in [6, 6.07) is 4.09. The molecule has 2 aliphatic rings. The highest BCUT2D eigenvalue weighted by atomic mass is 32.1. The fourth-order valence-electron chi connectivity index (χ4n) is 3.71. The summed E-state index contributed by atoms with van der Waals surface area (Å²) in [4.78, 5) is 22.0. The first kappa shape index (κ1) is 16.4. The van der Waals surface area contributed by atoms with Crippen molar-refractivity contribution in [2.45, 2.75) is 44.9 Å². The summed E-state index contributed by atoms with van der Waals surface area (Å²) in [5.41, 5.74) is 0.714. The summed E-state index contributed by atoms with van der Waals surface area (Å²) in [6.45, 7) is 4.69. The first-order valence-electron chi connectivity index (χ1n) is 8.24. The third kappa shape index (κ3) is 3.11. The average molecular weight is 362 g/mol. The lowest BCUT2D eigenvalue weighted by molar-refractivity contribution is -0.114. The van der Waals surface area contributed by atoms with E-state index in [4.69, 9.17) is 4.74 Å². The number of pyridine rings is 1. The van der Waals surface area contributed by atoms with Crippen molar-refractivity contribution < 1.29 is 13.9 Å². The monoisotopic (exact) mass is 362 g/mol. The molecular formula is C17H19FN4O2S. The quantitative estimate of drug-likeness (QED) is 0.909. The van der Waals surface area contributed by atoms with Gasteiger partial charge in [0.05, 0.1) is 10.6 Å². The second-order valence-corrected chi connectivity index (χ2v) is 7.87. The number of amides is 1. The van der Waals surface area contributed by atoms with E-state index in [1.54, 1.807) is 6.20 Å². The molecule has 0 saturated carbocycles. The maximum absolute atomic E-state index is 14.1. The lowest BCUT2D eigenvalue weighted by Gasteiger charge is -2.23. The Morgan fingerprint density at radius 3 is 3.20 bits per heavy atom. The molecule has 0 radical (unpaired) electrons. The molecule has 2 aromatic rings. The number of fused-ring (bicyclic) bond motifs is 1. The number of anilines is 1. The second-order valence-electron chi connectivity index (χ2n) is 6.78. The Morgan fingerprint density at radius 2 is 2.44 bits per heavy atom. The normalized spacial score (nSPS) is 25.2. The van der Waals surface area contributed by atoms with Crippen molar-refractivity contribution >= 4 is 22.4 Å². The van der Waals surface area contributed by atoms with E-state index < -0.39 is 5.95 Å². The van der Waals surface area contributed by atoms with Crippen molar-refractivity contribution in [1.29, 1.82) is 0 Å². The molecule has 0 aromatic carbocycles. The maximum atomic E-state index is 14.1. The summed E-state index contributed by atoms with van der Waals surface area (Å²) >= 11 is 1.18. The molecule has 2 aromatic heterocycles. The summed E-state index contributed by atoms with van der Waals surface area (Å²) in [7, 11) is 0. The number of carbonyl (C=O) groups is 1. The van der Waals surface area contributed by atoms with Gasteiger partial charge in [0.2, 0.25) is 11.9 Å². The van der Waals surface area contributed by atoms with Crippen LogP contribution in [0.5, 0.6) is 5.75 Å². The van der Waals surface area contributed by atoms with Crippen LogP contribution in [0.15, 0.2) is 18.3 Å². The van der Waals surface area contributed by atoms with Crippen molar-refractivity contribution in [3.8, 4) is 5.75 Å². The Bertz CT molecular complexity index is 800. The number of hydrogen-bond donors (Lipinski definition) is 1. The van der Waals surface area contributed by atoms with Crippen LogP contribution >= 0.6 is 11.3 Å². The SMILES string of the molecule is CC(=O)Nc1nc(F)c(CN2C[C@@]3(Cc4ncccc4O3)C[C@@H]2C)s1. The predicted molar refractivity (Wildman–Crippen MR) is 92.2 cm³/mol. The van der Waals surface area contributed by atoms with E-state index in [-0.39, 0.29) is 17.6 Å². The smallest absolute Gasteiger partial charge is 0.230 e. The molecule has 25 heavy (non-hydrogen) atoms. The first-order chi connectivity index (χ1) is 11.9. The molecule has 0 aliphatic carbocycles. The molecule has 2 aliphatic heterocycles. The van der Waals surface area contributed by atoms with Crippen molar-refractivity contribution in [2.75, 3.05) is 11.9 Å². The highest BCUT2D eigenvalue weighted by Crippen LogP contribution is 2.42. The largest absolute Gasteiger partial charge is 0.484 e. The minimum absolute atomic E-state index is 0.251. The van der Waals surface area contributed by atoms with Crippen LogP contribution in [0.1, 0.15) is 30.8 Å². The van der Waals surface area contributed by atoms with E-state index in [2.05, 4.69) is 27.1 Å². The van der Waals surface area contributed by atoms with Gasteiger partial charge in [-0.3, -0.25) is 14.7 Å². The van der Waals surface area contributed by atoms with E-state index in [0.717, 1.165) is 30.8 Å². The Kier molecular flexibility index (Phi) is 3.96. The van der Waals surface area contributed by atoms with Gasteiger partial charge in [-0.25, -0.2) is 0 Å². The Hall–Kier alpha value is -2.06. The molecule has 132 valence electrons. The molecule has 8 heteroatoms. The van der Waals surface area contributed by atoms with E-state index >= 15 is 0 Å². The first-order valence-corrected chi connectivity index (χ1v) is 9.05. The van der Waals surface area contributed by atoms with E-state index in [1.165, 1.54) is 18.3 Å². The van der Waals surface area contributed by atoms with Gasteiger partial charge in [0, 0.05) is 45.1 Å². The van der Waals surface area contributed by atoms with Gasteiger partial charge in [0.1, 0.15) is 11.4 Å². The van der Waals surface area contributed by atoms with Gasteiger partial charge in [0.15, 0.2) is 5.13 Å². The third-order valence-corrected chi connectivity index (χ3v) is 5.66. The molecule has 6 nitrogen and oxygen atoms in total. The molecule has 1 saturated heterocycles. The van der Waals surface area contributed by atoms with Gasteiger partial charge in [0.25, 0.3) is 0 Å². The van der Waals surface area contributed by atoms with E-state index in [0.29, 0.717) is 16.6 Å². The zero-order chi connectivity index (χ0) is 17.6. The van der Waals surface area contributed by atoms with Crippen LogP contribution in [-0.4, -0.2) is 39.0 Å². The van der Waals surface area contributed by atoms with Crippen LogP contribution in [0, 0.1) is 5.95 Å². The molecule has 4 rings (SSSR count). The summed E-state index contributed by atoms with van der Waals surface area (Å²) in [5, 5.41) is 2.84. The number of carbonyl (C=O) groups excluding carboxylic acids is 1. The van der Waals surface area contributed by atoms with Gasteiger partial charge in [-0.2, -0.15) is 9.37 Å². The molecule has 2 atom stereocenters. The van der Waals surface area contributed by atoms with E-state index in [9.17, 15) is 9.18 Å². The van der Waals surface area contributed by atoms with Gasteiger partial charge >= 0.3 is 0 Å². The predicted octanol–water partition coefficient (Wildman–Crippen LogP) is 2.60. The zero-order valence-corrected chi connectivity index (χ0v) is 14.9. The number of likely N-dealkylation sites (tertiary alicyclic amines) is 1. The number of nitrogens with one attached hydrogen (secondary N) is 1. The Morgan fingerprint density at radius 1 is 1.60 bits per heavy atom. The Balaban J connectivity index is 1.48. The number of halogens is 1. The van der Waals surface area contributed by atoms with Crippen LogP contribution < -0.4 is 10.1 Å². The number of ether oxygens (including phenoxy) is 1. The zero-order valence-electron chi connectivity index (χ0n) is 14.1. The molecular weight excluding hydrogens is 343 g/mol. The molecule has 1 fully saturated rings. The highest BCUT2D eigenvalue weighted by molar-refractivity contribution is 7.15. The maximum Gasteiger partial charge on any atom is 0.230 e. The number of hydrogen-bond acceptors (Lipinski definition) is 6. The number of rotatable bonds is 3. The van der Waals surface area contributed by atoms with E-state index in [1.807, 2.05) is 12.1 Å². The van der Waals surface area contributed by atoms with Crippen molar-refractivity contribution in [3.05, 3.63) is 34.8 Å². The molecule has 1 N–H and O–H groups in total. The molecule has 0 bridgehead atoms.